The molecule has 0 N–H and O–H groups in total. The van der Waals surface area contributed by atoms with Crippen LogP contribution in [0, 0.1) is 6.92 Å². The van der Waals surface area contributed by atoms with Gasteiger partial charge in [0.25, 0.3) is 0 Å². The van der Waals surface area contributed by atoms with E-state index >= 15 is 0 Å². The highest BCUT2D eigenvalue weighted by atomic mass is 35.5. The molecule has 0 fully saturated rings. The minimum absolute atomic E-state index is 0.272. The van der Waals surface area contributed by atoms with E-state index in [0.717, 1.165) is 40.1 Å². The van der Waals surface area contributed by atoms with Crippen LogP contribution in [0.25, 0.3) is 11.0 Å². The van der Waals surface area contributed by atoms with Crippen LogP contribution < -0.4 is 0 Å². The largest absolute Gasteiger partial charge is 0.468 e. The van der Waals surface area contributed by atoms with Crippen molar-refractivity contribution in [3.8, 4) is 0 Å². The summed E-state index contributed by atoms with van der Waals surface area (Å²) < 4.78 is 7.71. The predicted molar refractivity (Wildman–Crippen MR) is 154 cm³/mol. The maximum absolute atomic E-state index is 13.9. The number of aromatic nitrogens is 2. The number of carbonyl (C=O) groups excluding carboxylic acids is 1. The van der Waals surface area contributed by atoms with Crippen molar-refractivity contribution in [1.82, 2.24) is 9.55 Å². The summed E-state index contributed by atoms with van der Waals surface area (Å²) in [5, 5.41) is 1.17. The second-order valence-electron chi connectivity index (χ2n) is 9.54. The molecule has 1 unspecified atom stereocenters. The van der Waals surface area contributed by atoms with E-state index in [2.05, 4.69) is 41.8 Å². The molecule has 0 bridgehead atoms. The SMILES string of the molecule is COC(=O)C(c1ccc(Cl)cc1)(c1ccc(Cl)cc1)c1ccc2nc(C)n(CC(C)c3ccccc3)c2c1. The first-order chi connectivity index (χ1) is 18.3. The standard InChI is InChI=1S/C32H28Cl2N2O2/c1-21(23-7-5-4-6-8-23)20-36-22(2)35-29-18-13-26(19-30(29)36)32(31(37)38-3,24-9-14-27(33)15-10-24)25-11-16-28(34)17-12-25/h4-19,21H,20H2,1-3H3. The molecule has 38 heavy (non-hydrogen) atoms. The number of esters is 1. The van der Waals surface area contributed by atoms with E-state index in [1.165, 1.54) is 12.7 Å². The van der Waals surface area contributed by atoms with Crippen LogP contribution in [-0.2, 0) is 21.5 Å². The molecule has 192 valence electrons. The van der Waals surface area contributed by atoms with Gasteiger partial charge in [-0.3, -0.25) is 4.79 Å². The highest BCUT2D eigenvalue weighted by Crippen LogP contribution is 2.42. The number of fused-ring (bicyclic) bond motifs is 1. The highest BCUT2D eigenvalue weighted by Gasteiger charge is 2.45. The average Bonchev–Trinajstić information content (AvgIpc) is 3.25. The zero-order valence-corrected chi connectivity index (χ0v) is 23.0. The summed E-state index contributed by atoms with van der Waals surface area (Å²) in [7, 11) is 1.41. The fraction of sp³-hybridized carbons (Fsp3) is 0.188. The molecule has 4 aromatic carbocycles. The topological polar surface area (TPSA) is 44.1 Å². The molecule has 1 atom stereocenters. The van der Waals surface area contributed by atoms with E-state index in [1.807, 2.05) is 49.4 Å². The van der Waals surface area contributed by atoms with Gasteiger partial charge in [0.1, 0.15) is 11.2 Å². The Balaban J connectivity index is 1.74. The third kappa shape index (κ3) is 4.59. The van der Waals surface area contributed by atoms with E-state index in [1.54, 1.807) is 24.3 Å². The molecule has 1 aromatic heterocycles. The van der Waals surface area contributed by atoms with Gasteiger partial charge >= 0.3 is 5.97 Å². The van der Waals surface area contributed by atoms with E-state index in [-0.39, 0.29) is 5.92 Å². The molecule has 0 aliphatic rings. The molecular formula is C32H28Cl2N2O2. The number of carbonyl (C=O) groups is 1. The van der Waals surface area contributed by atoms with Gasteiger partial charge in [0.05, 0.1) is 18.1 Å². The van der Waals surface area contributed by atoms with E-state index in [0.29, 0.717) is 10.0 Å². The lowest BCUT2D eigenvalue weighted by Crippen LogP contribution is -2.39. The Morgan fingerprint density at radius 1 is 0.868 bits per heavy atom. The smallest absolute Gasteiger partial charge is 0.325 e. The lowest BCUT2D eigenvalue weighted by Gasteiger charge is -2.33. The van der Waals surface area contributed by atoms with Crippen LogP contribution in [0.15, 0.2) is 97.1 Å². The molecule has 0 spiro atoms. The van der Waals surface area contributed by atoms with Crippen molar-refractivity contribution in [2.24, 2.45) is 0 Å². The molecule has 1 heterocycles. The maximum Gasteiger partial charge on any atom is 0.325 e. The van der Waals surface area contributed by atoms with Gasteiger partial charge in [-0.05, 0) is 71.5 Å². The summed E-state index contributed by atoms with van der Waals surface area (Å²) >= 11 is 12.5. The van der Waals surface area contributed by atoms with Gasteiger partial charge in [-0.15, -0.1) is 0 Å². The summed E-state index contributed by atoms with van der Waals surface area (Å²) in [4.78, 5) is 18.7. The average molecular weight is 543 g/mol. The van der Waals surface area contributed by atoms with Crippen molar-refractivity contribution in [2.75, 3.05) is 7.11 Å². The molecule has 0 aliphatic carbocycles. The third-order valence-electron chi connectivity index (χ3n) is 7.24. The Morgan fingerprint density at radius 2 is 1.42 bits per heavy atom. The molecule has 0 saturated carbocycles. The normalized spacial score (nSPS) is 12.4. The van der Waals surface area contributed by atoms with Crippen molar-refractivity contribution < 1.29 is 9.53 Å². The maximum atomic E-state index is 13.9. The molecule has 6 heteroatoms. The lowest BCUT2D eigenvalue weighted by molar-refractivity contribution is -0.144. The Hall–Kier alpha value is -3.60. The van der Waals surface area contributed by atoms with Gasteiger partial charge in [0, 0.05) is 16.6 Å². The van der Waals surface area contributed by atoms with Crippen molar-refractivity contribution >= 4 is 40.2 Å². The zero-order valence-electron chi connectivity index (χ0n) is 21.5. The predicted octanol–water partition coefficient (Wildman–Crippen LogP) is 7.96. The number of aryl methyl sites for hydroxylation is 1. The van der Waals surface area contributed by atoms with Crippen LogP contribution in [0.4, 0.5) is 0 Å². The second kappa shape index (κ2) is 10.6. The van der Waals surface area contributed by atoms with Crippen LogP contribution >= 0.6 is 23.2 Å². The summed E-state index contributed by atoms with van der Waals surface area (Å²) in [6, 6.07) is 31.1. The van der Waals surface area contributed by atoms with E-state index in [9.17, 15) is 4.79 Å². The van der Waals surface area contributed by atoms with Crippen LogP contribution in [0.2, 0.25) is 10.0 Å². The van der Waals surface area contributed by atoms with Crippen LogP contribution in [0.5, 0.6) is 0 Å². The zero-order chi connectivity index (χ0) is 26.9. The van der Waals surface area contributed by atoms with Crippen LogP contribution in [-0.4, -0.2) is 22.6 Å². The molecular weight excluding hydrogens is 515 g/mol. The van der Waals surface area contributed by atoms with Crippen LogP contribution in [0.1, 0.15) is 40.9 Å². The number of nitrogens with zero attached hydrogens (tertiary/aromatic N) is 2. The highest BCUT2D eigenvalue weighted by molar-refractivity contribution is 6.30. The number of ether oxygens (including phenoxy) is 1. The van der Waals surface area contributed by atoms with Gasteiger partial charge in [-0.2, -0.15) is 0 Å². The number of halogens is 2. The van der Waals surface area contributed by atoms with Gasteiger partial charge in [0.15, 0.2) is 0 Å². The third-order valence-corrected chi connectivity index (χ3v) is 7.75. The Kier molecular flexibility index (Phi) is 7.29. The molecule has 0 aliphatic heterocycles. The minimum Gasteiger partial charge on any atom is -0.468 e. The lowest BCUT2D eigenvalue weighted by atomic mass is 9.69. The number of rotatable bonds is 7. The van der Waals surface area contributed by atoms with Crippen LogP contribution in [0.3, 0.4) is 0 Å². The molecule has 0 radical (unpaired) electrons. The minimum atomic E-state index is -1.24. The second-order valence-corrected chi connectivity index (χ2v) is 10.4. The molecule has 5 aromatic rings. The summed E-state index contributed by atoms with van der Waals surface area (Å²) in [5.41, 5.74) is 4.11. The van der Waals surface area contributed by atoms with Gasteiger partial charge < -0.3 is 9.30 Å². The van der Waals surface area contributed by atoms with E-state index in [4.69, 9.17) is 32.9 Å². The number of benzene rings is 4. The van der Waals surface area contributed by atoms with Crippen molar-refractivity contribution in [3.63, 3.8) is 0 Å². The summed E-state index contributed by atoms with van der Waals surface area (Å²) in [6.45, 7) is 4.98. The number of imidazole rings is 1. The van der Waals surface area contributed by atoms with Gasteiger partial charge in [-0.25, -0.2) is 4.98 Å². The fourth-order valence-corrected chi connectivity index (χ4v) is 5.53. The van der Waals surface area contributed by atoms with E-state index < -0.39 is 11.4 Å². The monoisotopic (exact) mass is 542 g/mol. The van der Waals surface area contributed by atoms with Crippen molar-refractivity contribution in [1.29, 1.82) is 0 Å². The van der Waals surface area contributed by atoms with Gasteiger partial charge in [0.2, 0.25) is 0 Å². The molecule has 0 saturated heterocycles. The van der Waals surface area contributed by atoms with Crippen molar-refractivity contribution in [3.05, 3.63) is 135 Å². The molecule has 0 amide bonds. The van der Waals surface area contributed by atoms with Gasteiger partial charge in [-0.1, -0.05) is 90.8 Å². The first kappa shape index (κ1) is 26.0. The quantitative estimate of drug-likeness (QED) is 0.155. The number of methoxy groups -OCH3 is 1. The Labute approximate surface area is 232 Å². The summed E-state index contributed by atoms with van der Waals surface area (Å²) in [6.07, 6.45) is 0. The van der Waals surface area contributed by atoms with Crippen molar-refractivity contribution in [2.45, 2.75) is 31.7 Å². The summed E-state index contributed by atoms with van der Waals surface area (Å²) in [5.74, 6) is 0.789. The first-order valence-electron chi connectivity index (χ1n) is 12.5. The fourth-order valence-electron chi connectivity index (χ4n) is 5.27. The number of hydrogen-bond donors (Lipinski definition) is 0. The number of hydrogen-bond acceptors (Lipinski definition) is 3. The molecule has 5 rings (SSSR count). The first-order valence-corrected chi connectivity index (χ1v) is 13.2. The molecule has 4 nitrogen and oxygen atoms in total. The Bertz CT molecular complexity index is 1530. The Morgan fingerprint density at radius 3 is 1.97 bits per heavy atom.